The zero-order valence-corrected chi connectivity index (χ0v) is 13.3. The zero-order valence-electron chi connectivity index (χ0n) is 13.3. The largest absolute Gasteiger partial charge is 0.306 e. The first kappa shape index (κ1) is 15.7. The predicted octanol–water partition coefficient (Wildman–Crippen LogP) is 4.70. The molecule has 0 aliphatic heterocycles. The van der Waals surface area contributed by atoms with Crippen LogP contribution in [-0.4, -0.2) is 6.54 Å². The van der Waals surface area contributed by atoms with Gasteiger partial charge in [-0.3, -0.25) is 0 Å². The minimum Gasteiger partial charge on any atom is -0.306 e. The summed E-state index contributed by atoms with van der Waals surface area (Å²) in [4.78, 5) is 0. The molecule has 1 nitrogen and oxygen atoms in total. The monoisotopic (exact) mass is 285 g/mol. The number of aryl methyl sites for hydroxylation is 3. The Morgan fingerprint density at radius 3 is 2.24 bits per heavy atom. The van der Waals surface area contributed by atoms with Gasteiger partial charge >= 0.3 is 0 Å². The Bertz CT molecular complexity index is 578. The van der Waals surface area contributed by atoms with E-state index in [-0.39, 0.29) is 11.9 Å². The van der Waals surface area contributed by atoms with Gasteiger partial charge in [-0.25, -0.2) is 4.39 Å². The number of nitrogens with one attached hydrogen (secondary N) is 1. The Balaban J connectivity index is 2.47. The third kappa shape index (κ3) is 3.51. The fourth-order valence-corrected chi connectivity index (χ4v) is 2.83. The van der Waals surface area contributed by atoms with E-state index in [0.29, 0.717) is 0 Å². The minimum absolute atomic E-state index is 0.0958. The third-order valence-corrected chi connectivity index (χ3v) is 3.90. The van der Waals surface area contributed by atoms with Crippen molar-refractivity contribution >= 4 is 0 Å². The van der Waals surface area contributed by atoms with Gasteiger partial charge in [0, 0.05) is 5.56 Å². The highest BCUT2D eigenvalue weighted by atomic mass is 19.1. The van der Waals surface area contributed by atoms with Gasteiger partial charge in [-0.2, -0.15) is 0 Å². The average Bonchev–Trinajstić information content (AvgIpc) is 2.45. The van der Waals surface area contributed by atoms with Gasteiger partial charge in [0.25, 0.3) is 0 Å². The molecular weight excluding hydrogens is 261 g/mol. The molecule has 0 bridgehead atoms. The summed E-state index contributed by atoms with van der Waals surface area (Å²) < 4.78 is 14.5. The SMILES string of the molecule is CCNC(c1ccc(CC)cc1)c1c(C)cc(C)cc1F. The van der Waals surface area contributed by atoms with E-state index >= 15 is 0 Å². The summed E-state index contributed by atoms with van der Waals surface area (Å²) in [6, 6.07) is 12.0. The van der Waals surface area contributed by atoms with Gasteiger partial charge in [0.15, 0.2) is 0 Å². The zero-order chi connectivity index (χ0) is 15.4. The van der Waals surface area contributed by atoms with E-state index in [2.05, 4.69) is 43.4 Å². The molecule has 0 saturated carbocycles. The Kier molecular flexibility index (Phi) is 5.13. The first-order chi connectivity index (χ1) is 10.1. The quantitative estimate of drug-likeness (QED) is 0.839. The smallest absolute Gasteiger partial charge is 0.128 e. The lowest BCUT2D eigenvalue weighted by Crippen LogP contribution is -2.24. The van der Waals surface area contributed by atoms with E-state index in [1.54, 1.807) is 6.07 Å². The highest BCUT2D eigenvalue weighted by molar-refractivity contribution is 5.40. The molecule has 0 spiro atoms. The Morgan fingerprint density at radius 1 is 1.05 bits per heavy atom. The minimum atomic E-state index is -0.127. The van der Waals surface area contributed by atoms with Crippen molar-refractivity contribution in [3.63, 3.8) is 0 Å². The van der Waals surface area contributed by atoms with Crippen LogP contribution in [0.2, 0.25) is 0 Å². The predicted molar refractivity (Wildman–Crippen MR) is 87.2 cm³/mol. The summed E-state index contributed by atoms with van der Waals surface area (Å²) in [6.45, 7) is 8.90. The second-order valence-corrected chi connectivity index (χ2v) is 5.56. The van der Waals surface area contributed by atoms with Crippen LogP contribution in [0.25, 0.3) is 0 Å². The molecule has 0 aliphatic rings. The number of hydrogen-bond acceptors (Lipinski definition) is 1. The molecule has 0 radical (unpaired) electrons. The van der Waals surface area contributed by atoms with Crippen molar-refractivity contribution < 1.29 is 4.39 Å². The fraction of sp³-hybridized carbons (Fsp3) is 0.368. The van der Waals surface area contributed by atoms with E-state index in [1.807, 2.05) is 19.9 Å². The molecule has 0 aromatic heterocycles. The lowest BCUT2D eigenvalue weighted by Gasteiger charge is -2.22. The molecule has 2 heteroatoms. The molecule has 0 heterocycles. The number of rotatable bonds is 5. The summed E-state index contributed by atoms with van der Waals surface area (Å²) in [5.41, 5.74) is 5.13. The van der Waals surface area contributed by atoms with Crippen molar-refractivity contribution in [2.24, 2.45) is 0 Å². The normalized spacial score (nSPS) is 12.4. The molecule has 2 rings (SSSR count). The lowest BCUT2D eigenvalue weighted by molar-refractivity contribution is 0.555. The van der Waals surface area contributed by atoms with Crippen LogP contribution in [0.4, 0.5) is 4.39 Å². The van der Waals surface area contributed by atoms with Gasteiger partial charge in [0.2, 0.25) is 0 Å². The number of halogens is 1. The fourth-order valence-electron chi connectivity index (χ4n) is 2.83. The molecule has 0 amide bonds. The van der Waals surface area contributed by atoms with Crippen molar-refractivity contribution in [2.75, 3.05) is 6.54 Å². The molecule has 2 aromatic rings. The lowest BCUT2D eigenvalue weighted by atomic mass is 9.92. The van der Waals surface area contributed by atoms with Crippen molar-refractivity contribution in [2.45, 2.75) is 40.2 Å². The summed E-state index contributed by atoms with van der Waals surface area (Å²) >= 11 is 0. The molecule has 112 valence electrons. The first-order valence-electron chi connectivity index (χ1n) is 7.65. The Hall–Kier alpha value is -1.67. The molecule has 21 heavy (non-hydrogen) atoms. The van der Waals surface area contributed by atoms with Crippen molar-refractivity contribution in [1.82, 2.24) is 5.32 Å². The third-order valence-electron chi connectivity index (χ3n) is 3.90. The van der Waals surface area contributed by atoms with Gasteiger partial charge in [0.1, 0.15) is 5.82 Å². The van der Waals surface area contributed by atoms with Crippen LogP contribution in [0.1, 0.15) is 47.7 Å². The van der Waals surface area contributed by atoms with Crippen LogP contribution in [0.15, 0.2) is 36.4 Å². The van der Waals surface area contributed by atoms with E-state index in [1.165, 1.54) is 5.56 Å². The molecule has 1 atom stereocenters. The van der Waals surface area contributed by atoms with Crippen LogP contribution < -0.4 is 5.32 Å². The highest BCUT2D eigenvalue weighted by Gasteiger charge is 2.19. The van der Waals surface area contributed by atoms with Crippen LogP contribution in [0, 0.1) is 19.7 Å². The summed E-state index contributed by atoms with van der Waals surface area (Å²) in [6.07, 6.45) is 1.02. The molecule has 1 N–H and O–H groups in total. The van der Waals surface area contributed by atoms with Gasteiger partial charge < -0.3 is 5.32 Å². The van der Waals surface area contributed by atoms with Crippen LogP contribution in [0.5, 0.6) is 0 Å². The number of benzene rings is 2. The maximum absolute atomic E-state index is 14.5. The maximum Gasteiger partial charge on any atom is 0.128 e. The molecule has 0 aliphatic carbocycles. The maximum atomic E-state index is 14.5. The second kappa shape index (κ2) is 6.86. The molecule has 0 fully saturated rings. The molecule has 1 unspecified atom stereocenters. The van der Waals surface area contributed by atoms with Gasteiger partial charge in [0.05, 0.1) is 6.04 Å². The summed E-state index contributed by atoms with van der Waals surface area (Å²) in [5, 5.41) is 3.41. The van der Waals surface area contributed by atoms with Gasteiger partial charge in [-0.15, -0.1) is 0 Å². The van der Waals surface area contributed by atoms with Crippen molar-refractivity contribution in [1.29, 1.82) is 0 Å². The molecule has 0 saturated heterocycles. The van der Waals surface area contributed by atoms with Crippen molar-refractivity contribution in [3.05, 3.63) is 70.0 Å². The summed E-state index contributed by atoms with van der Waals surface area (Å²) in [7, 11) is 0. The standard InChI is InChI=1S/C19H24FN/c1-5-15-7-9-16(10-8-15)19(21-6-2)18-14(4)11-13(3)12-17(18)20/h7-12,19,21H,5-6H2,1-4H3. The topological polar surface area (TPSA) is 12.0 Å². The van der Waals surface area contributed by atoms with Crippen LogP contribution in [-0.2, 0) is 6.42 Å². The van der Waals surface area contributed by atoms with Crippen molar-refractivity contribution in [3.8, 4) is 0 Å². The summed E-state index contributed by atoms with van der Waals surface area (Å²) in [5.74, 6) is -0.127. The van der Waals surface area contributed by atoms with E-state index in [9.17, 15) is 4.39 Å². The molecular formula is C19H24FN. The Morgan fingerprint density at radius 2 is 1.71 bits per heavy atom. The van der Waals surface area contributed by atoms with E-state index in [4.69, 9.17) is 0 Å². The van der Waals surface area contributed by atoms with E-state index < -0.39 is 0 Å². The highest BCUT2D eigenvalue weighted by Crippen LogP contribution is 2.28. The van der Waals surface area contributed by atoms with E-state index in [0.717, 1.165) is 35.2 Å². The average molecular weight is 285 g/mol. The first-order valence-corrected chi connectivity index (χ1v) is 7.65. The Labute approximate surface area is 127 Å². The van der Waals surface area contributed by atoms with Gasteiger partial charge in [-0.1, -0.05) is 44.2 Å². The van der Waals surface area contributed by atoms with Gasteiger partial charge in [-0.05, 0) is 55.1 Å². The van der Waals surface area contributed by atoms with Crippen LogP contribution >= 0.6 is 0 Å². The molecule has 2 aromatic carbocycles. The number of hydrogen-bond donors (Lipinski definition) is 1. The second-order valence-electron chi connectivity index (χ2n) is 5.56. The van der Waals surface area contributed by atoms with Crippen LogP contribution in [0.3, 0.4) is 0 Å².